The van der Waals surface area contributed by atoms with Crippen LogP contribution in [-0.4, -0.2) is 6.09 Å². The fourth-order valence-electron chi connectivity index (χ4n) is 1.89. The summed E-state index contributed by atoms with van der Waals surface area (Å²) >= 11 is 0. The molecule has 0 spiro atoms. The van der Waals surface area contributed by atoms with E-state index in [4.69, 9.17) is 10.00 Å². The fourth-order valence-corrected chi connectivity index (χ4v) is 1.89. The lowest BCUT2D eigenvalue weighted by Crippen LogP contribution is -2.18. The Bertz CT molecular complexity index is 667. The molecule has 4 heteroatoms. The number of nitrogens with zero attached hydrogens (tertiary/aromatic N) is 1. The zero-order valence-electron chi connectivity index (χ0n) is 11.3. The molecule has 1 N–H and O–H groups in total. The Balaban J connectivity index is 2.16. The van der Waals surface area contributed by atoms with Crippen molar-refractivity contribution in [3.8, 4) is 11.8 Å². The summed E-state index contributed by atoms with van der Waals surface area (Å²) in [6.07, 6.45) is -0.606. The lowest BCUT2D eigenvalue weighted by molar-refractivity contribution is 0.215. The number of rotatable bonds is 2. The number of para-hydroxylation sites is 2. The average molecular weight is 266 g/mol. The maximum absolute atomic E-state index is 11.9. The van der Waals surface area contributed by atoms with Crippen LogP contribution in [0.3, 0.4) is 0 Å². The third-order valence-corrected chi connectivity index (χ3v) is 2.92. The van der Waals surface area contributed by atoms with Crippen molar-refractivity contribution in [1.82, 2.24) is 0 Å². The van der Waals surface area contributed by atoms with E-state index in [2.05, 4.69) is 5.32 Å². The van der Waals surface area contributed by atoms with Crippen LogP contribution in [-0.2, 0) is 0 Å². The molecule has 0 fully saturated rings. The number of nitriles is 1. The van der Waals surface area contributed by atoms with E-state index in [0.29, 0.717) is 5.56 Å². The van der Waals surface area contributed by atoms with Crippen molar-refractivity contribution in [3.05, 3.63) is 59.2 Å². The van der Waals surface area contributed by atoms with Gasteiger partial charge in [0.25, 0.3) is 0 Å². The summed E-state index contributed by atoms with van der Waals surface area (Å²) < 4.78 is 5.18. The van der Waals surface area contributed by atoms with Gasteiger partial charge in [0.05, 0.1) is 5.56 Å². The Morgan fingerprint density at radius 2 is 1.75 bits per heavy atom. The molecule has 2 rings (SSSR count). The van der Waals surface area contributed by atoms with Gasteiger partial charge < -0.3 is 4.74 Å². The summed E-state index contributed by atoms with van der Waals surface area (Å²) in [6, 6.07) is 14.3. The predicted octanol–water partition coefficient (Wildman–Crippen LogP) is 3.79. The van der Waals surface area contributed by atoms with E-state index >= 15 is 0 Å². The standard InChI is InChI=1S/C16H14N2O2/c1-11-6-5-7-12(2)15(11)18-16(19)20-14-9-4-3-8-13(14)10-17/h3-9H,1-2H3,(H,18,19). The van der Waals surface area contributed by atoms with E-state index in [1.54, 1.807) is 24.3 Å². The van der Waals surface area contributed by atoms with E-state index in [0.717, 1.165) is 16.8 Å². The molecule has 2 aromatic carbocycles. The number of aryl methyl sites for hydroxylation is 2. The molecular formula is C16H14N2O2. The molecule has 0 heterocycles. The molecular weight excluding hydrogens is 252 g/mol. The smallest absolute Gasteiger partial charge is 0.409 e. The monoisotopic (exact) mass is 266 g/mol. The van der Waals surface area contributed by atoms with Gasteiger partial charge in [-0.1, -0.05) is 30.3 Å². The maximum Gasteiger partial charge on any atom is 0.417 e. The quantitative estimate of drug-likeness (QED) is 0.899. The van der Waals surface area contributed by atoms with Crippen LogP contribution in [0.5, 0.6) is 5.75 Å². The number of anilines is 1. The molecule has 0 aromatic heterocycles. The Labute approximate surface area is 117 Å². The van der Waals surface area contributed by atoms with Crippen molar-refractivity contribution in [3.63, 3.8) is 0 Å². The summed E-state index contributed by atoms with van der Waals surface area (Å²) in [5, 5.41) is 11.7. The van der Waals surface area contributed by atoms with Gasteiger partial charge in [-0.15, -0.1) is 0 Å². The van der Waals surface area contributed by atoms with E-state index in [9.17, 15) is 4.79 Å². The Morgan fingerprint density at radius 3 is 2.40 bits per heavy atom. The highest BCUT2D eigenvalue weighted by Crippen LogP contribution is 2.21. The lowest BCUT2D eigenvalue weighted by atomic mass is 10.1. The van der Waals surface area contributed by atoms with Crippen molar-refractivity contribution in [1.29, 1.82) is 5.26 Å². The van der Waals surface area contributed by atoms with Gasteiger partial charge in [-0.25, -0.2) is 4.79 Å². The van der Waals surface area contributed by atoms with Gasteiger partial charge in [0.2, 0.25) is 0 Å². The minimum Gasteiger partial charge on any atom is -0.409 e. The third-order valence-electron chi connectivity index (χ3n) is 2.92. The topological polar surface area (TPSA) is 62.1 Å². The number of hydrogen-bond acceptors (Lipinski definition) is 3. The van der Waals surface area contributed by atoms with Crippen LogP contribution in [0, 0.1) is 25.2 Å². The highest BCUT2D eigenvalue weighted by Gasteiger charge is 2.11. The summed E-state index contributed by atoms with van der Waals surface area (Å²) in [7, 11) is 0. The lowest BCUT2D eigenvalue weighted by Gasteiger charge is -2.12. The van der Waals surface area contributed by atoms with Crippen molar-refractivity contribution in [2.24, 2.45) is 0 Å². The van der Waals surface area contributed by atoms with Crippen molar-refractivity contribution in [2.45, 2.75) is 13.8 Å². The molecule has 0 aliphatic heterocycles. The summed E-state index contributed by atoms with van der Waals surface area (Å²) in [5.41, 5.74) is 2.96. The summed E-state index contributed by atoms with van der Waals surface area (Å²) in [6.45, 7) is 3.82. The number of amides is 1. The number of hydrogen-bond donors (Lipinski definition) is 1. The van der Waals surface area contributed by atoms with Gasteiger partial charge in [0.15, 0.2) is 5.75 Å². The Morgan fingerprint density at radius 1 is 1.10 bits per heavy atom. The van der Waals surface area contributed by atoms with E-state index < -0.39 is 6.09 Å². The molecule has 0 aliphatic rings. The van der Waals surface area contributed by atoms with Gasteiger partial charge in [0.1, 0.15) is 6.07 Å². The number of ether oxygens (including phenoxy) is 1. The number of carbonyl (C=O) groups is 1. The highest BCUT2D eigenvalue weighted by molar-refractivity contribution is 5.88. The first-order chi connectivity index (χ1) is 9.61. The Hall–Kier alpha value is -2.80. The molecule has 20 heavy (non-hydrogen) atoms. The maximum atomic E-state index is 11.9. The van der Waals surface area contributed by atoms with Gasteiger partial charge in [-0.05, 0) is 37.1 Å². The first-order valence-corrected chi connectivity index (χ1v) is 6.16. The first-order valence-electron chi connectivity index (χ1n) is 6.16. The van der Waals surface area contributed by atoms with Gasteiger partial charge in [0, 0.05) is 5.69 Å². The molecule has 1 amide bonds. The van der Waals surface area contributed by atoms with Gasteiger partial charge in [-0.3, -0.25) is 5.32 Å². The molecule has 0 atom stereocenters. The summed E-state index contributed by atoms with van der Waals surface area (Å²) in [4.78, 5) is 11.9. The zero-order chi connectivity index (χ0) is 14.5. The molecule has 4 nitrogen and oxygen atoms in total. The molecule has 0 unspecified atom stereocenters. The van der Waals surface area contributed by atoms with Crippen LogP contribution < -0.4 is 10.1 Å². The third kappa shape index (κ3) is 2.96. The predicted molar refractivity (Wildman–Crippen MR) is 76.7 cm³/mol. The number of benzene rings is 2. The van der Waals surface area contributed by atoms with Crippen LogP contribution in [0.4, 0.5) is 10.5 Å². The fraction of sp³-hybridized carbons (Fsp3) is 0.125. The largest absolute Gasteiger partial charge is 0.417 e. The normalized spacial score (nSPS) is 9.65. The first kappa shape index (κ1) is 13.6. The van der Waals surface area contributed by atoms with Crippen LogP contribution in [0.25, 0.3) is 0 Å². The molecule has 0 radical (unpaired) electrons. The van der Waals surface area contributed by atoms with Crippen molar-refractivity contribution < 1.29 is 9.53 Å². The minimum atomic E-state index is -0.606. The van der Waals surface area contributed by atoms with Crippen LogP contribution in [0.15, 0.2) is 42.5 Å². The van der Waals surface area contributed by atoms with E-state index in [1.165, 1.54) is 0 Å². The molecule has 0 saturated heterocycles. The van der Waals surface area contributed by atoms with Gasteiger partial charge in [-0.2, -0.15) is 5.26 Å². The van der Waals surface area contributed by atoms with E-state index in [1.807, 2.05) is 38.1 Å². The van der Waals surface area contributed by atoms with Crippen LogP contribution >= 0.6 is 0 Å². The van der Waals surface area contributed by atoms with Crippen LogP contribution in [0.2, 0.25) is 0 Å². The SMILES string of the molecule is Cc1cccc(C)c1NC(=O)Oc1ccccc1C#N. The second-order valence-electron chi connectivity index (χ2n) is 4.39. The van der Waals surface area contributed by atoms with Crippen LogP contribution in [0.1, 0.15) is 16.7 Å². The van der Waals surface area contributed by atoms with Crippen molar-refractivity contribution in [2.75, 3.05) is 5.32 Å². The zero-order valence-corrected chi connectivity index (χ0v) is 11.3. The molecule has 0 aliphatic carbocycles. The number of nitrogens with one attached hydrogen (secondary N) is 1. The second kappa shape index (κ2) is 5.89. The van der Waals surface area contributed by atoms with Gasteiger partial charge >= 0.3 is 6.09 Å². The minimum absolute atomic E-state index is 0.249. The molecule has 0 bridgehead atoms. The molecule has 100 valence electrons. The second-order valence-corrected chi connectivity index (χ2v) is 4.39. The molecule has 0 saturated carbocycles. The van der Waals surface area contributed by atoms with Crippen molar-refractivity contribution >= 4 is 11.8 Å². The number of carbonyl (C=O) groups excluding carboxylic acids is 1. The molecule has 2 aromatic rings. The van der Waals surface area contributed by atoms with E-state index in [-0.39, 0.29) is 5.75 Å². The average Bonchev–Trinajstić information content (AvgIpc) is 2.44. The summed E-state index contributed by atoms with van der Waals surface area (Å²) in [5.74, 6) is 0.249. The Kier molecular flexibility index (Phi) is 4.02. The highest BCUT2D eigenvalue weighted by atomic mass is 16.6.